The van der Waals surface area contributed by atoms with Crippen LogP contribution in [0.25, 0.3) is 17.2 Å². The molecule has 0 aliphatic carbocycles. The zero-order valence-corrected chi connectivity index (χ0v) is 19.7. The van der Waals surface area contributed by atoms with Crippen molar-refractivity contribution in [2.45, 2.75) is 6.54 Å². The van der Waals surface area contributed by atoms with E-state index in [0.29, 0.717) is 29.2 Å². The molecule has 178 valence electrons. The van der Waals surface area contributed by atoms with Crippen molar-refractivity contribution in [2.75, 3.05) is 18.6 Å². The smallest absolute Gasteiger partial charge is 0.256 e. The zero-order valence-electron chi connectivity index (χ0n) is 18.9. The summed E-state index contributed by atoms with van der Waals surface area (Å²) < 4.78 is 47.0. The van der Waals surface area contributed by atoms with Crippen molar-refractivity contribution in [3.63, 3.8) is 0 Å². The number of hydrogen-bond acceptors (Lipinski definition) is 6. The molecule has 0 radical (unpaired) electrons. The Labute approximate surface area is 203 Å². The molecule has 1 aliphatic heterocycles. The molecule has 0 bridgehead atoms. The van der Waals surface area contributed by atoms with Crippen LogP contribution in [0.15, 0.2) is 84.3 Å². The highest BCUT2D eigenvalue weighted by Gasteiger charge is 2.25. The van der Waals surface area contributed by atoms with Gasteiger partial charge in [0, 0.05) is 0 Å². The summed E-state index contributed by atoms with van der Waals surface area (Å²) in [5.74, 6) is 1.75. The van der Waals surface area contributed by atoms with Crippen LogP contribution in [-0.2, 0) is 16.6 Å². The molecule has 9 heteroatoms. The second-order valence-electron chi connectivity index (χ2n) is 7.80. The number of aromatic nitrogens is 2. The largest absolute Gasteiger partial charge is 0.479 e. The molecular weight excluding hydrogens is 466 g/mol. The number of ether oxygens (including phenoxy) is 3. The summed E-state index contributed by atoms with van der Waals surface area (Å²) in [6.45, 7) is 0.467. The van der Waals surface area contributed by atoms with Crippen LogP contribution in [0.2, 0.25) is 0 Å². The van der Waals surface area contributed by atoms with Gasteiger partial charge in [-0.2, -0.15) is 0 Å². The van der Waals surface area contributed by atoms with Gasteiger partial charge in [0.2, 0.25) is 12.7 Å². The Morgan fingerprint density at radius 3 is 2.46 bits per heavy atom. The number of nitrogens with one attached hydrogen (secondary N) is 1. The maximum Gasteiger partial charge on any atom is 0.256 e. The fourth-order valence-corrected chi connectivity index (χ4v) is 4.65. The Bertz CT molecular complexity index is 1470. The second-order valence-corrected chi connectivity index (χ2v) is 9.37. The molecule has 1 aromatic heterocycles. The Morgan fingerprint density at radius 2 is 1.71 bits per heavy atom. The van der Waals surface area contributed by atoms with Gasteiger partial charge in [0.25, 0.3) is 10.0 Å². The summed E-state index contributed by atoms with van der Waals surface area (Å²) in [5.41, 5.74) is 2.90. The van der Waals surface area contributed by atoms with Crippen molar-refractivity contribution in [3.05, 3.63) is 95.4 Å². The van der Waals surface area contributed by atoms with Crippen molar-refractivity contribution >= 4 is 21.9 Å². The van der Waals surface area contributed by atoms with Gasteiger partial charge >= 0.3 is 0 Å². The minimum absolute atomic E-state index is 0.132. The Balaban J connectivity index is 1.59. The number of hydrogen-bond donors (Lipinski definition) is 1. The van der Waals surface area contributed by atoms with Crippen LogP contribution in [0.5, 0.6) is 17.4 Å². The average Bonchev–Trinajstić information content (AvgIpc) is 3.48. The molecule has 1 aliphatic rings. The number of anilines is 1. The Morgan fingerprint density at radius 1 is 1.00 bits per heavy atom. The number of rotatable bonds is 8. The van der Waals surface area contributed by atoms with Crippen LogP contribution in [0, 0.1) is 0 Å². The van der Waals surface area contributed by atoms with Gasteiger partial charge < -0.3 is 14.2 Å². The fourth-order valence-electron chi connectivity index (χ4n) is 3.77. The van der Waals surface area contributed by atoms with E-state index in [-0.39, 0.29) is 18.5 Å². The summed E-state index contributed by atoms with van der Waals surface area (Å²) in [6.07, 6.45) is 1.54. The van der Waals surface area contributed by atoms with Gasteiger partial charge in [-0.15, -0.1) is 5.10 Å². The average molecular weight is 490 g/mol. The van der Waals surface area contributed by atoms with E-state index in [1.54, 1.807) is 16.8 Å². The quantitative estimate of drug-likeness (QED) is 0.384. The molecule has 0 saturated carbocycles. The molecule has 35 heavy (non-hydrogen) atoms. The molecule has 0 spiro atoms. The van der Waals surface area contributed by atoms with E-state index in [9.17, 15) is 8.42 Å². The highest BCUT2D eigenvalue weighted by Crippen LogP contribution is 2.42. The lowest BCUT2D eigenvalue weighted by Crippen LogP contribution is -2.15. The van der Waals surface area contributed by atoms with E-state index in [2.05, 4.69) is 9.82 Å². The fraction of sp³-hybridized carbons (Fsp3) is 0.115. The number of benzene rings is 3. The van der Waals surface area contributed by atoms with E-state index in [1.165, 1.54) is 13.2 Å². The van der Waals surface area contributed by atoms with E-state index in [1.807, 2.05) is 66.7 Å². The normalized spacial score (nSPS) is 12.7. The molecule has 1 N–H and O–H groups in total. The van der Waals surface area contributed by atoms with Crippen LogP contribution in [0.1, 0.15) is 11.1 Å². The monoisotopic (exact) mass is 489 g/mol. The molecule has 0 unspecified atom stereocenters. The maximum absolute atomic E-state index is 13.1. The molecule has 0 amide bonds. The number of nitrogens with zero attached hydrogens (tertiary/aromatic N) is 2. The number of sulfonamides is 1. The van der Waals surface area contributed by atoms with E-state index < -0.39 is 10.0 Å². The summed E-state index contributed by atoms with van der Waals surface area (Å²) in [4.78, 5) is 0. The summed E-state index contributed by atoms with van der Waals surface area (Å²) in [6, 6.07) is 24.2. The Hall–Kier alpha value is -4.24. The third-order valence-electron chi connectivity index (χ3n) is 5.43. The third kappa shape index (κ3) is 4.99. The van der Waals surface area contributed by atoms with Crippen LogP contribution >= 0.6 is 0 Å². The molecule has 2 heterocycles. The highest BCUT2D eigenvalue weighted by atomic mass is 32.2. The third-order valence-corrected chi connectivity index (χ3v) is 6.40. The molecule has 0 atom stereocenters. The predicted octanol–water partition coefficient (Wildman–Crippen LogP) is 4.75. The lowest BCUT2D eigenvalue weighted by atomic mass is 10.1. The van der Waals surface area contributed by atoms with Crippen molar-refractivity contribution in [2.24, 2.45) is 0 Å². The molecule has 3 aromatic carbocycles. The molecular formula is C26H23N3O5S. The first-order chi connectivity index (χ1) is 17.0. The van der Waals surface area contributed by atoms with Gasteiger partial charge in [0.05, 0.1) is 24.6 Å². The minimum Gasteiger partial charge on any atom is -0.479 e. The standard InChI is InChI=1S/C26H23N3O5S/c1-32-26-24(21-12-13-22-23(16-21)34-18-33-22)25(29(27-26)17-20-10-6-3-7-11-20)28-35(30,31)15-14-19-8-4-2-5-9-19/h2-16,28H,17-18H2,1H3. The van der Waals surface area contributed by atoms with Crippen molar-refractivity contribution < 1.29 is 22.6 Å². The zero-order chi connectivity index (χ0) is 24.3. The number of fused-ring (bicyclic) bond motifs is 1. The minimum atomic E-state index is -3.89. The van der Waals surface area contributed by atoms with Crippen LogP contribution in [0.3, 0.4) is 0 Å². The maximum atomic E-state index is 13.1. The number of methoxy groups -OCH3 is 1. The van der Waals surface area contributed by atoms with Crippen molar-refractivity contribution in [1.29, 1.82) is 0 Å². The molecule has 8 nitrogen and oxygen atoms in total. The van der Waals surface area contributed by atoms with Crippen molar-refractivity contribution in [1.82, 2.24) is 9.78 Å². The molecule has 0 fully saturated rings. The topological polar surface area (TPSA) is 91.7 Å². The van der Waals surface area contributed by atoms with Gasteiger partial charge in [-0.1, -0.05) is 66.7 Å². The van der Waals surface area contributed by atoms with Gasteiger partial charge in [0.1, 0.15) is 5.82 Å². The van der Waals surface area contributed by atoms with Gasteiger partial charge in [-0.25, -0.2) is 13.1 Å². The first kappa shape index (κ1) is 22.5. The van der Waals surface area contributed by atoms with Gasteiger partial charge in [0.15, 0.2) is 11.5 Å². The first-order valence-corrected chi connectivity index (χ1v) is 12.4. The molecule has 5 rings (SSSR count). The highest BCUT2D eigenvalue weighted by molar-refractivity contribution is 7.95. The predicted molar refractivity (Wildman–Crippen MR) is 134 cm³/mol. The summed E-state index contributed by atoms with van der Waals surface area (Å²) in [7, 11) is -2.39. The van der Waals surface area contributed by atoms with Gasteiger partial charge in [-0.3, -0.25) is 4.72 Å². The van der Waals surface area contributed by atoms with Crippen molar-refractivity contribution in [3.8, 4) is 28.5 Å². The second kappa shape index (κ2) is 9.55. The van der Waals surface area contributed by atoms with Crippen LogP contribution in [0.4, 0.5) is 5.82 Å². The summed E-state index contributed by atoms with van der Waals surface area (Å²) in [5, 5.41) is 5.70. The van der Waals surface area contributed by atoms with Gasteiger partial charge in [-0.05, 0) is 34.9 Å². The molecule has 0 saturated heterocycles. The van der Waals surface area contributed by atoms with E-state index >= 15 is 0 Å². The first-order valence-electron chi connectivity index (χ1n) is 10.9. The lowest BCUT2D eigenvalue weighted by Gasteiger charge is -2.12. The van der Waals surface area contributed by atoms with Crippen LogP contribution in [-0.4, -0.2) is 32.1 Å². The lowest BCUT2D eigenvalue weighted by molar-refractivity contribution is 0.174. The SMILES string of the molecule is COc1nn(Cc2ccccc2)c(NS(=O)(=O)C=Cc2ccccc2)c1-c1ccc2c(c1)OCO2. The van der Waals surface area contributed by atoms with Crippen LogP contribution < -0.4 is 18.9 Å². The van der Waals surface area contributed by atoms with E-state index in [0.717, 1.165) is 16.5 Å². The van der Waals surface area contributed by atoms with E-state index in [4.69, 9.17) is 14.2 Å². The Kier molecular flexibility index (Phi) is 6.15. The summed E-state index contributed by atoms with van der Waals surface area (Å²) >= 11 is 0. The molecule has 4 aromatic rings.